The quantitative estimate of drug-likeness (QED) is 0.678. The van der Waals surface area contributed by atoms with Gasteiger partial charge in [0.05, 0.1) is 0 Å². The van der Waals surface area contributed by atoms with Crippen LogP contribution in [0.2, 0.25) is 0 Å². The Balaban J connectivity index is 2.43. The third-order valence-corrected chi connectivity index (χ3v) is 3.94. The first-order valence-corrected chi connectivity index (χ1v) is 8.12. The van der Waals surface area contributed by atoms with Crippen molar-refractivity contribution in [1.29, 1.82) is 0 Å². The molecule has 0 aliphatic rings. The van der Waals surface area contributed by atoms with Crippen molar-refractivity contribution in [3.05, 3.63) is 70.7 Å². The van der Waals surface area contributed by atoms with Crippen LogP contribution in [0.25, 0.3) is 0 Å². The predicted molar refractivity (Wildman–Crippen MR) is 92.3 cm³/mol. The Morgan fingerprint density at radius 1 is 1.00 bits per heavy atom. The molecule has 1 aromatic carbocycles. The third-order valence-electron chi connectivity index (χ3n) is 3.94. The lowest BCUT2D eigenvalue weighted by atomic mass is 10.1. The van der Waals surface area contributed by atoms with Crippen molar-refractivity contribution >= 4 is 5.91 Å². The highest BCUT2D eigenvalue weighted by molar-refractivity contribution is 5.91. The Morgan fingerprint density at radius 2 is 1.58 bits per heavy atom. The Morgan fingerprint density at radius 3 is 2.12 bits per heavy atom. The van der Waals surface area contributed by atoms with Gasteiger partial charge in [0.25, 0.3) is 5.69 Å². The van der Waals surface area contributed by atoms with Gasteiger partial charge in [-0.1, -0.05) is 30.3 Å². The molecule has 0 fully saturated rings. The van der Waals surface area contributed by atoms with E-state index in [-0.39, 0.29) is 29.4 Å². The van der Waals surface area contributed by atoms with E-state index in [0.29, 0.717) is 10.3 Å². The van der Waals surface area contributed by atoms with Gasteiger partial charge in [0.1, 0.15) is 0 Å². The second kappa shape index (κ2) is 7.45. The average Bonchev–Trinajstić information content (AvgIpc) is 2.54. The van der Waals surface area contributed by atoms with Gasteiger partial charge in [0.15, 0.2) is 6.10 Å². The van der Waals surface area contributed by atoms with Crippen molar-refractivity contribution in [3.63, 3.8) is 0 Å². The molecule has 24 heavy (non-hydrogen) atoms. The summed E-state index contributed by atoms with van der Waals surface area (Å²) in [5.74, 6) is -0.336. The summed E-state index contributed by atoms with van der Waals surface area (Å²) in [5.41, 5.74) is 0.765. The minimum absolute atomic E-state index is 0.0184. The SMILES string of the molecule is CC(C)N(C(=O)c1cccc(C(O)c2ccccc2)[n+]1[O-])C(C)C. The van der Waals surface area contributed by atoms with Gasteiger partial charge in [-0.25, -0.2) is 0 Å². The molecule has 5 heteroatoms. The van der Waals surface area contributed by atoms with E-state index in [1.165, 1.54) is 12.1 Å². The van der Waals surface area contributed by atoms with Crippen LogP contribution in [0.1, 0.15) is 55.5 Å². The van der Waals surface area contributed by atoms with Gasteiger partial charge in [0, 0.05) is 24.2 Å². The number of carbonyl (C=O) groups excluding carboxylic acids is 1. The van der Waals surface area contributed by atoms with Crippen LogP contribution in [0.3, 0.4) is 0 Å². The molecular formula is C19H24N2O3. The number of aliphatic hydroxyl groups excluding tert-OH is 1. The van der Waals surface area contributed by atoms with E-state index in [1.54, 1.807) is 35.2 Å². The van der Waals surface area contributed by atoms with Crippen LogP contribution >= 0.6 is 0 Å². The molecule has 1 atom stereocenters. The highest BCUT2D eigenvalue weighted by Crippen LogP contribution is 2.19. The molecule has 0 saturated heterocycles. The number of carbonyl (C=O) groups is 1. The molecule has 5 nitrogen and oxygen atoms in total. The summed E-state index contributed by atoms with van der Waals surface area (Å²) in [4.78, 5) is 14.4. The molecule has 2 rings (SSSR count). The first-order valence-electron chi connectivity index (χ1n) is 8.12. The topological polar surface area (TPSA) is 67.5 Å². The Labute approximate surface area is 142 Å². The average molecular weight is 328 g/mol. The van der Waals surface area contributed by atoms with Gasteiger partial charge in [0.2, 0.25) is 5.69 Å². The zero-order valence-electron chi connectivity index (χ0n) is 14.5. The first-order chi connectivity index (χ1) is 11.3. The number of amides is 1. The summed E-state index contributed by atoms with van der Waals surface area (Å²) in [5, 5.41) is 23.2. The van der Waals surface area contributed by atoms with Crippen LogP contribution in [0.4, 0.5) is 0 Å². The monoisotopic (exact) mass is 328 g/mol. The molecule has 1 unspecified atom stereocenters. The van der Waals surface area contributed by atoms with Crippen molar-refractivity contribution in [2.24, 2.45) is 0 Å². The van der Waals surface area contributed by atoms with Crippen molar-refractivity contribution in [3.8, 4) is 0 Å². The lowest BCUT2D eigenvalue weighted by Crippen LogP contribution is -2.49. The lowest BCUT2D eigenvalue weighted by Gasteiger charge is -2.30. The lowest BCUT2D eigenvalue weighted by molar-refractivity contribution is -0.620. The van der Waals surface area contributed by atoms with E-state index in [0.717, 1.165) is 0 Å². The normalized spacial score (nSPS) is 12.5. The van der Waals surface area contributed by atoms with Crippen LogP contribution in [0.15, 0.2) is 48.5 Å². The molecule has 0 saturated carbocycles. The second-order valence-corrected chi connectivity index (χ2v) is 6.34. The first kappa shape index (κ1) is 17.9. The number of hydrogen-bond acceptors (Lipinski definition) is 3. The Hall–Kier alpha value is -2.40. The summed E-state index contributed by atoms with van der Waals surface area (Å²) >= 11 is 0. The van der Waals surface area contributed by atoms with E-state index in [9.17, 15) is 15.1 Å². The van der Waals surface area contributed by atoms with Gasteiger partial charge < -0.3 is 15.2 Å². The Kier molecular flexibility index (Phi) is 5.57. The highest BCUT2D eigenvalue weighted by atomic mass is 16.5. The Bertz CT molecular complexity index is 691. The fraction of sp³-hybridized carbons (Fsp3) is 0.368. The van der Waals surface area contributed by atoms with Crippen LogP contribution < -0.4 is 4.73 Å². The van der Waals surface area contributed by atoms with E-state index in [4.69, 9.17) is 0 Å². The van der Waals surface area contributed by atoms with Crippen molar-refractivity contribution in [2.45, 2.75) is 45.9 Å². The molecule has 0 radical (unpaired) electrons. The number of nitrogens with zero attached hydrogens (tertiary/aromatic N) is 2. The van der Waals surface area contributed by atoms with Crippen molar-refractivity contribution in [2.75, 3.05) is 0 Å². The van der Waals surface area contributed by atoms with Gasteiger partial charge in [-0.3, -0.25) is 4.79 Å². The molecule has 0 spiro atoms. The minimum Gasteiger partial charge on any atom is -0.618 e. The van der Waals surface area contributed by atoms with Crippen LogP contribution in [0.5, 0.6) is 0 Å². The summed E-state index contributed by atoms with van der Waals surface area (Å²) in [6.45, 7) is 7.65. The van der Waals surface area contributed by atoms with Crippen LogP contribution in [-0.4, -0.2) is 28.0 Å². The van der Waals surface area contributed by atoms with Crippen molar-refractivity contribution in [1.82, 2.24) is 4.90 Å². The van der Waals surface area contributed by atoms with Gasteiger partial charge >= 0.3 is 5.91 Å². The molecule has 0 aliphatic carbocycles. The molecule has 0 aliphatic heterocycles. The molecule has 1 N–H and O–H groups in total. The summed E-state index contributed by atoms with van der Waals surface area (Å²) in [6, 6.07) is 13.5. The number of pyridine rings is 1. The summed E-state index contributed by atoms with van der Waals surface area (Å²) < 4.78 is 0.539. The van der Waals surface area contributed by atoms with E-state index in [1.807, 2.05) is 33.8 Å². The number of aromatic nitrogens is 1. The maximum Gasteiger partial charge on any atom is 0.320 e. The summed E-state index contributed by atoms with van der Waals surface area (Å²) in [6.07, 6.45) is -1.08. The maximum absolute atomic E-state index is 12.8. The minimum atomic E-state index is -1.08. The number of rotatable bonds is 5. The fourth-order valence-corrected chi connectivity index (χ4v) is 2.88. The van der Waals surface area contributed by atoms with E-state index in [2.05, 4.69) is 0 Å². The van der Waals surface area contributed by atoms with Crippen LogP contribution in [0, 0.1) is 5.21 Å². The third kappa shape index (κ3) is 3.57. The molecule has 2 aromatic rings. The van der Waals surface area contributed by atoms with Crippen molar-refractivity contribution < 1.29 is 14.6 Å². The predicted octanol–water partition coefficient (Wildman–Crippen LogP) is 2.66. The summed E-state index contributed by atoms with van der Waals surface area (Å²) in [7, 11) is 0. The maximum atomic E-state index is 12.8. The molecule has 1 heterocycles. The molecule has 1 aromatic heterocycles. The van der Waals surface area contributed by atoms with Gasteiger partial charge in [-0.15, -0.1) is 0 Å². The molecular weight excluding hydrogens is 304 g/mol. The standard InChI is InChI=1S/C19H24N2O3/c1-13(2)20(14(3)4)19(23)17-12-8-11-16(21(17)24)18(22)15-9-6-5-7-10-15/h5-14,18,22H,1-4H3. The number of aliphatic hydroxyl groups is 1. The van der Waals surface area contributed by atoms with Gasteiger partial charge in [-0.05, 0) is 39.3 Å². The zero-order chi connectivity index (χ0) is 17.9. The fourth-order valence-electron chi connectivity index (χ4n) is 2.88. The highest BCUT2D eigenvalue weighted by Gasteiger charge is 2.30. The second-order valence-electron chi connectivity index (χ2n) is 6.34. The largest absolute Gasteiger partial charge is 0.618 e. The van der Waals surface area contributed by atoms with Crippen LogP contribution in [-0.2, 0) is 0 Å². The van der Waals surface area contributed by atoms with Gasteiger partial charge in [-0.2, -0.15) is 4.73 Å². The molecule has 128 valence electrons. The molecule has 1 amide bonds. The van der Waals surface area contributed by atoms with E-state index >= 15 is 0 Å². The van der Waals surface area contributed by atoms with E-state index < -0.39 is 6.10 Å². The number of benzene rings is 1. The number of hydrogen-bond donors (Lipinski definition) is 1. The smallest absolute Gasteiger partial charge is 0.320 e. The zero-order valence-corrected chi connectivity index (χ0v) is 14.5. The molecule has 0 bridgehead atoms.